The summed E-state index contributed by atoms with van der Waals surface area (Å²) in [6.45, 7) is 6.35. The van der Waals surface area contributed by atoms with Gasteiger partial charge in [0.15, 0.2) is 0 Å². The summed E-state index contributed by atoms with van der Waals surface area (Å²) < 4.78 is 0. The molecular formula is C17H23NOS. The largest absolute Gasteiger partial charge is 0.341 e. The van der Waals surface area contributed by atoms with Gasteiger partial charge in [0.25, 0.3) is 0 Å². The minimum Gasteiger partial charge on any atom is -0.341 e. The molecule has 1 fully saturated rings. The molecule has 2 aliphatic rings. The first kappa shape index (κ1) is 14.0. The average Bonchev–Trinajstić information content (AvgIpc) is 3.03. The summed E-state index contributed by atoms with van der Waals surface area (Å²) in [5.74, 6) is 2.16. The summed E-state index contributed by atoms with van der Waals surface area (Å²) in [5, 5.41) is 0. The predicted molar refractivity (Wildman–Crippen MR) is 84.1 cm³/mol. The highest BCUT2D eigenvalue weighted by Gasteiger charge is 2.29. The van der Waals surface area contributed by atoms with Crippen molar-refractivity contribution in [3.05, 3.63) is 29.3 Å². The molecule has 0 radical (unpaired) electrons. The quantitative estimate of drug-likeness (QED) is 0.795. The zero-order valence-electron chi connectivity index (χ0n) is 12.4. The van der Waals surface area contributed by atoms with E-state index in [-0.39, 0.29) is 0 Å². The normalized spacial score (nSPS) is 25.0. The maximum Gasteiger partial charge on any atom is 0.232 e. The summed E-state index contributed by atoms with van der Waals surface area (Å²) in [7, 11) is 0. The van der Waals surface area contributed by atoms with Gasteiger partial charge in [0.2, 0.25) is 5.91 Å². The molecule has 1 amide bonds. The Kier molecular flexibility index (Phi) is 4.06. The molecule has 0 aromatic heterocycles. The summed E-state index contributed by atoms with van der Waals surface area (Å²) in [6.07, 6.45) is 3.72. The van der Waals surface area contributed by atoms with Gasteiger partial charge in [-0.3, -0.25) is 4.79 Å². The number of fused-ring (bicyclic) bond motifs is 1. The Morgan fingerprint density at radius 2 is 1.90 bits per heavy atom. The Morgan fingerprint density at radius 3 is 2.65 bits per heavy atom. The van der Waals surface area contributed by atoms with E-state index in [9.17, 15) is 4.79 Å². The van der Waals surface area contributed by atoms with E-state index in [1.165, 1.54) is 35.3 Å². The van der Waals surface area contributed by atoms with Crippen molar-refractivity contribution < 1.29 is 4.79 Å². The number of benzene rings is 1. The number of aryl methyl sites for hydroxylation is 2. The van der Waals surface area contributed by atoms with Crippen LogP contribution in [0, 0.1) is 11.8 Å². The van der Waals surface area contributed by atoms with Gasteiger partial charge in [-0.1, -0.05) is 19.9 Å². The van der Waals surface area contributed by atoms with Gasteiger partial charge in [0, 0.05) is 18.0 Å². The lowest BCUT2D eigenvalue weighted by Gasteiger charge is -2.15. The Bertz CT molecular complexity index is 504. The van der Waals surface area contributed by atoms with Crippen LogP contribution in [0.25, 0.3) is 0 Å². The molecule has 1 aromatic rings. The molecule has 0 spiro atoms. The second kappa shape index (κ2) is 5.80. The van der Waals surface area contributed by atoms with Crippen molar-refractivity contribution in [2.24, 2.45) is 11.8 Å². The SMILES string of the molecule is C[C@@H]1CN(C(=O)CSc2ccc3c(c2)CCC3)C[C@@H]1C. The highest BCUT2D eigenvalue weighted by Crippen LogP contribution is 2.28. The summed E-state index contributed by atoms with van der Waals surface area (Å²) >= 11 is 1.69. The Hall–Kier alpha value is -0.960. The van der Waals surface area contributed by atoms with Crippen molar-refractivity contribution in [3.8, 4) is 0 Å². The fraction of sp³-hybridized carbons (Fsp3) is 0.588. The predicted octanol–water partition coefficient (Wildman–Crippen LogP) is 3.38. The van der Waals surface area contributed by atoms with Crippen molar-refractivity contribution in [2.75, 3.05) is 18.8 Å². The van der Waals surface area contributed by atoms with Crippen molar-refractivity contribution in [3.63, 3.8) is 0 Å². The first-order valence-electron chi connectivity index (χ1n) is 7.66. The number of carbonyl (C=O) groups is 1. The molecule has 0 unspecified atom stereocenters. The smallest absolute Gasteiger partial charge is 0.232 e. The van der Waals surface area contributed by atoms with E-state index in [1.54, 1.807) is 11.8 Å². The van der Waals surface area contributed by atoms with E-state index in [0.29, 0.717) is 23.5 Å². The molecule has 108 valence electrons. The number of carbonyl (C=O) groups excluding carboxylic acids is 1. The van der Waals surface area contributed by atoms with E-state index in [4.69, 9.17) is 0 Å². The zero-order chi connectivity index (χ0) is 14.1. The lowest BCUT2D eigenvalue weighted by Crippen LogP contribution is -2.30. The zero-order valence-corrected chi connectivity index (χ0v) is 13.2. The molecule has 3 heteroatoms. The van der Waals surface area contributed by atoms with Crippen molar-refractivity contribution in [1.82, 2.24) is 4.90 Å². The molecule has 1 heterocycles. The number of amides is 1. The molecular weight excluding hydrogens is 266 g/mol. The molecule has 2 nitrogen and oxygen atoms in total. The lowest BCUT2D eigenvalue weighted by atomic mass is 10.0. The highest BCUT2D eigenvalue weighted by atomic mass is 32.2. The molecule has 1 aliphatic heterocycles. The van der Waals surface area contributed by atoms with Crippen LogP contribution >= 0.6 is 11.8 Å². The standard InChI is InChI=1S/C17H23NOS/c1-12-9-18(10-13(12)2)17(19)11-20-16-7-6-14-4-3-5-15(14)8-16/h6-8,12-13H,3-5,9-11H2,1-2H3/t12-,13+. The van der Waals surface area contributed by atoms with Crippen LogP contribution in [0.5, 0.6) is 0 Å². The minimum absolute atomic E-state index is 0.298. The number of rotatable bonds is 3. The third-order valence-corrected chi connectivity index (χ3v) is 5.75. The molecule has 1 aromatic carbocycles. The molecule has 1 aliphatic carbocycles. The third kappa shape index (κ3) is 2.88. The lowest BCUT2D eigenvalue weighted by molar-refractivity contribution is -0.127. The Labute approximate surface area is 125 Å². The van der Waals surface area contributed by atoms with Gasteiger partial charge >= 0.3 is 0 Å². The van der Waals surface area contributed by atoms with Gasteiger partial charge in [-0.15, -0.1) is 11.8 Å². The Balaban J connectivity index is 1.56. The van der Waals surface area contributed by atoms with Crippen LogP contribution in [0.1, 0.15) is 31.4 Å². The summed E-state index contributed by atoms with van der Waals surface area (Å²) in [5.41, 5.74) is 2.99. The maximum atomic E-state index is 12.2. The molecule has 0 N–H and O–H groups in total. The molecule has 0 bridgehead atoms. The summed E-state index contributed by atoms with van der Waals surface area (Å²) in [6, 6.07) is 6.71. The van der Waals surface area contributed by atoms with Crippen LogP contribution < -0.4 is 0 Å². The highest BCUT2D eigenvalue weighted by molar-refractivity contribution is 8.00. The number of likely N-dealkylation sites (tertiary alicyclic amines) is 1. The van der Waals surface area contributed by atoms with Crippen LogP contribution in [0.15, 0.2) is 23.1 Å². The van der Waals surface area contributed by atoms with Crippen LogP contribution in [0.3, 0.4) is 0 Å². The number of nitrogens with zero attached hydrogens (tertiary/aromatic N) is 1. The van der Waals surface area contributed by atoms with Crippen LogP contribution in [-0.4, -0.2) is 29.6 Å². The van der Waals surface area contributed by atoms with Gasteiger partial charge in [-0.05, 0) is 54.4 Å². The van der Waals surface area contributed by atoms with E-state index in [1.807, 2.05) is 4.90 Å². The van der Waals surface area contributed by atoms with Crippen LogP contribution in [0.2, 0.25) is 0 Å². The maximum absolute atomic E-state index is 12.2. The number of hydrogen-bond acceptors (Lipinski definition) is 2. The topological polar surface area (TPSA) is 20.3 Å². The van der Waals surface area contributed by atoms with Gasteiger partial charge in [-0.25, -0.2) is 0 Å². The van der Waals surface area contributed by atoms with Crippen molar-refractivity contribution in [1.29, 1.82) is 0 Å². The fourth-order valence-corrected chi connectivity index (χ4v) is 4.07. The summed E-state index contributed by atoms with van der Waals surface area (Å²) in [4.78, 5) is 15.5. The van der Waals surface area contributed by atoms with Crippen molar-refractivity contribution in [2.45, 2.75) is 38.0 Å². The van der Waals surface area contributed by atoms with Gasteiger partial charge in [0.05, 0.1) is 5.75 Å². The van der Waals surface area contributed by atoms with Gasteiger partial charge in [-0.2, -0.15) is 0 Å². The molecule has 20 heavy (non-hydrogen) atoms. The monoisotopic (exact) mass is 289 g/mol. The average molecular weight is 289 g/mol. The second-order valence-corrected chi connectivity index (χ2v) is 7.37. The van der Waals surface area contributed by atoms with Gasteiger partial charge in [0.1, 0.15) is 0 Å². The molecule has 1 saturated heterocycles. The molecule has 3 rings (SSSR count). The van der Waals surface area contributed by atoms with Crippen LogP contribution in [0.4, 0.5) is 0 Å². The van der Waals surface area contributed by atoms with Crippen molar-refractivity contribution >= 4 is 17.7 Å². The Morgan fingerprint density at radius 1 is 1.20 bits per heavy atom. The van der Waals surface area contributed by atoms with E-state index < -0.39 is 0 Å². The van der Waals surface area contributed by atoms with E-state index >= 15 is 0 Å². The first-order chi connectivity index (χ1) is 9.63. The molecule has 0 saturated carbocycles. The van der Waals surface area contributed by atoms with E-state index in [2.05, 4.69) is 32.0 Å². The molecule has 2 atom stereocenters. The number of thioether (sulfide) groups is 1. The van der Waals surface area contributed by atoms with E-state index in [0.717, 1.165) is 13.1 Å². The minimum atomic E-state index is 0.298. The first-order valence-corrected chi connectivity index (χ1v) is 8.64. The fourth-order valence-electron chi connectivity index (χ4n) is 3.21. The second-order valence-electron chi connectivity index (χ2n) is 6.33. The third-order valence-electron chi connectivity index (χ3n) is 4.77. The van der Waals surface area contributed by atoms with Crippen LogP contribution in [-0.2, 0) is 17.6 Å². The van der Waals surface area contributed by atoms with Gasteiger partial charge < -0.3 is 4.90 Å². The number of hydrogen-bond donors (Lipinski definition) is 0.